The lowest BCUT2D eigenvalue weighted by molar-refractivity contribution is 0.135. The van der Waals surface area contributed by atoms with Crippen molar-refractivity contribution in [3.63, 3.8) is 0 Å². The van der Waals surface area contributed by atoms with E-state index in [1.807, 2.05) is 12.1 Å². The fourth-order valence-electron chi connectivity index (χ4n) is 1.98. The zero-order valence-electron chi connectivity index (χ0n) is 12.0. The summed E-state index contributed by atoms with van der Waals surface area (Å²) in [5, 5.41) is 3.24. The van der Waals surface area contributed by atoms with Gasteiger partial charge in [-0.2, -0.15) is 0 Å². The molecule has 0 saturated heterocycles. The van der Waals surface area contributed by atoms with Gasteiger partial charge >= 0.3 is 0 Å². The van der Waals surface area contributed by atoms with E-state index in [0.717, 1.165) is 37.6 Å². The third-order valence-electron chi connectivity index (χ3n) is 3.05. The molecule has 0 unspecified atom stereocenters. The van der Waals surface area contributed by atoms with E-state index in [1.165, 1.54) is 5.56 Å². The molecule has 0 aliphatic carbocycles. The average molecular weight is 281 g/mol. The molecule has 0 spiro atoms. The standard InChI is InChI=1S/C15H23NO4/c1-17-8-5-16-6-9-18-7-4-13-2-3-14-15(12-13)20-11-10-19-14/h2-3,12,16H,4-11H2,1H3. The maximum atomic E-state index is 5.59. The van der Waals surface area contributed by atoms with Crippen molar-refractivity contribution < 1.29 is 18.9 Å². The van der Waals surface area contributed by atoms with Gasteiger partial charge in [0.15, 0.2) is 11.5 Å². The van der Waals surface area contributed by atoms with Crippen LogP contribution in [0.2, 0.25) is 0 Å². The van der Waals surface area contributed by atoms with Crippen molar-refractivity contribution in [1.29, 1.82) is 0 Å². The predicted molar refractivity (Wildman–Crippen MR) is 76.7 cm³/mol. The molecular formula is C15H23NO4. The third kappa shape index (κ3) is 5.00. The smallest absolute Gasteiger partial charge is 0.161 e. The number of rotatable bonds is 9. The molecule has 1 N–H and O–H groups in total. The summed E-state index contributed by atoms with van der Waals surface area (Å²) in [6, 6.07) is 6.07. The first-order valence-corrected chi connectivity index (χ1v) is 7.06. The number of nitrogens with one attached hydrogen (secondary N) is 1. The Balaban J connectivity index is 1.60. The molecule has 0 saturated carbocycles. The first-order chi connectivity index (χ1) is 9.90. The molecule has 5 heteroatoms. The maximum Gasteiger partial charge on any atom is 0.161 e. The number of hydrogen-bond acceptors (Lipinski definition) is 5. The molecule has 0 fully saturated rings. The maximum absolute atomic E-state index is 5.59. The van der Waals surface area contributed by atoms with Crippen LogP contribution in [0.1, 0.15) is 5.56 Å². The third-order valence-corrected chi connectivity index (χ3v) is 3.05. The lowest BCUT2D eigenvalue weighted by Crippen LogP contribution is -2.23. The first-order valence-electron chi connectivity index (χ1n) is 7.06. The van der Waals surface area contributed by atoms with Gasteiger partial charge in [0.25, 0.3) is 0 Å². The molecule has 0 aromatic heterocycles. The van der Waals surface area contributed by atoms with Crippen molar-refractivity contribution >= 4 is 0 Å². The van der Waals surface area contributed by atoms with Gasteiger partial charge < -0.3 is 24.3 Å². The van der Waals surface area contributed by atoms with Gasteiger partial charge in [-0.1, -0.05) is 6.07 Å². The van der Waals surface area contributed by atoms with Gasteiger partial charge in [0, 0.05) is 20.2 Å². The fraction of sp³-hybridized carbons (Fsp3) is 0.600. The summed E-state index contributed by atoms with van der Waals surface area (Å²) in [4.78, 5) is 0. The average Bonchev–Trinajstić information content (AvgIpc) is 2.50. The van der Waals surface area contributed by atoms with Crippen LogP contribution in [-0.4, -0.2) is 53.2 Å². The zero-order valence-corrected chi connectivity index (χ0v) is 12.0. The summed E-state index contributed by atoms with van der Waals surface area (Å²) < 4.78 is 21.6. The van der Waals surface area contributed by atoms with Crippen LogP contribution in [0.25, 0.3) is 0 Å². The van der Waals surface area contributed by atoms with Gasteiger partial charge in [-0.05, 0) is 24.1 Å². The molecule has 5 nitrogen and oxygen atoms in total. The van der Waals surface area contributed by atoms with E-state index < -0.39 is 0 Å². The predicted octanol–water partition coefficient (Wildman–Crippen LogP) is 1.25. The van der Waals surface area contributed by atoms with E-state index >= 15 is 0 Å². The van der Waals surface area contributed by atoms with Crippen LogP contribution in [0.15, 0.2) is 18.2 Å². The van der Waals surface area contributed by atoms with Crippen LogP contribution < -0.4 is 14.8 Å². The van der Waals surface area contributed by atoms with Crippen molar-refractivity contribution in [2.45, 2.75) is 6.42 Å². The lowest BCUT2D eigenvalue weighted by atomic mass is 10.1. The zero-order chi connectivity index (χ0) is 14.0. The summed E-state index contributed by atoms with van der Waals surface area (Å²) in [7, 11) is 1.70. The van der Waals surface area contributed by atoms with Crippen LogP contribution in [-0.2, 0) is 15.9 Å². The molecular weight excluding hydrogens is 258 g/mol. The van der Waals surface area contributed by atoms with Crippen LogP contribution >= 0.6 is 0 Å². The fourth-order valence-corrected chi connectivity index (χ4v) is 1.98. The second-order valence-electron chi connectivity index (χ2n) is 4.58. The topological polar surface area (TPSA) is 49.0 Å². The van der Waals surface area contributed by atoms with Crippen LogP contribution in [0.4, 0.5) is 0 Å². The molecule has 0 atom stereocenters. The van der Waals surface area contributed by atoms with Crippen LogP contribution in [0.3, 0.4) is 0 Å². The van der Waals surface area contributed by atoms with Gasteiger partial charge in [0.2, 0.25) is 0 Å². The highest BCUT2D eigenvalue weighted by atomic mass is 16.6. The number of hydrogen-bond donors (Lipinski definition) is 1. The molecule has 0 radical (unpaired) electrons. The van der Waals surface area contributed by atoms with Crippen molar-refractivity contribution in [3.05, 3.63) is 23.8 Å². The highest BCUT2D eigenvalue weighted by molar-refractivity contribution is 5.43. The highest BCUT2D eigenvalue weighted by Gasteiger charge is 2.11. The van der Waals surface area contributed by atoms with E-state index in [4.69, 9.17) is 18.9 Å². The van der Waals surface area contributed by atoms with Crippen molar-refractivity contribution in [2.75, 3.05) is 53.2 Å². The Morgan fingerprint density at radius 2 is 1.85 bits per heavy atom. The van der Waals surface area contributed by atoms with Crippen molar-refractivity contribution in [3.8, 4) is 11.5 Å². The second-order valence-corrected chi connectivity index (χ2v) is 4.58. The van der Waals surface area contributed by atoms with E-state index in [2.05, 4.69) is 11.4 Å². The number of fused-ring (bicyclic) bond motifs is 1. The SMILES string of the molecule is COCCNCCOCCc1ccc2c(c1)OCCO2. The summed E-state index contributed by atoms with van der Waals surface area (Å²) in [5.41, 5.74) is 1.21. The number of benzene rings is 1. The van der Waals surface area contributed by atoms with E-state index in [1.54, 1.807) is 7.11 Å². The Hall–Kier alpha value is -1.30. The van der Waals surface area contributed by atoms with Crippen LogP contribution in [0.5, 0.6) is 11.5 Å². The molecule has 2 rings (SSSR count). The minimum absolute atomic E-state index is 0.625. The summed E-state index contributed by atoms with van der Waals surface area (Å²) >= 11 is 0. The molecule has 1 heterocycles. The quantitative estimate of drug-likeness (QED) is 0.690. The molecule has 1 aromatic carbocycles. The molecule has 1 aliphatic rings. The first kappa shape index (κ1) is 15.1. The molecule has 112 valence electrons. The minimum atomic E-state index is 0.625. The second kappa shape index (κ2) is 8.79. The summed E-state index contributed by atoms with van der Waals surface area (Å²) in [6.07, 6.45) is 0.884. The van der Waals surface area contributed by atoms with Crippen molar-refractivity contribution in [2.24, 2.45) is 0 Å². The molecule has 1 aromatic rings. The molecule has 20 heavy (non-hydrogen) atoms. The van der Waals surface area contributed by atoms with E-state index in [0.29, 0.717) is 26.4 Å². The Kier molecular flexibility index (Phi) is 6.63. The van der Waals surface area contributed by atoms with Gasteiger partial charge in [-0.3, -0.25) is 0 Å². The van der Waals surface area contributed by atoms with E-state index in [-0.39, 0.29) is 0 Å². The van der Waals surface area contributed by atoms with Gasteiger partial charge in [-0.25, -0.2) is 0 Å². The Morgan fingerprint density at radius 1 is 1.05 bits per heavy atom. The monoisotopic (exact) mass is 281 g/mol. The van der Waals surface area contributed by atoms with Crippen LogP contribution in [0, 0.1) is 0 Å². The molecule has 0 amide bonds. The Labute approximate surface area is 120 Å². The van der Waals surface area contributed by atoms with E-state index in [9.17, 15) is 0 Å². The summed E-state index contributed by atoms with van der Waals surface area (Å²) in [5.74, 6) is 1.68. The van der Waals surface area contributed by atoms with Gasteiger partial charge in [0.1, 0.15) is 13.2 Å². The van der Waals surface area contributed by atoms with Gasteiger partial charge in [-0.15, -0.1) is 0 Å². The Bertz CT molecular complexity index is 397. The lowest BCUT2D eigenvalue weighted by Gasteiger charge is -2.18. The molecule has 0 bridgehead atoms. The number of methoxy groups -OCH3 is 1. The van der Waals surface area contributed by atoms with Crippen molar-refractivity contribution in [1.82, 2.24) is 5.32 Å². The molecule has 1 aliphatic heterocycles. The minimum Gasteiger partial charge on any atom is -0.486 e. The normalized spacial score (nSPS) is 13.4. The Morgan fingerprint density at radius 3 is 2.70 bits per heavy atom. The highest BCUT2D eigenvalue weighted by Crippen LogP contribution is 2.30. The number of ether oxygens (including phenoxy) is 4. The largest absolute Gasteiger partial charge is 0.486 e. The van der Waals surface area contributed by atoms with Gasteiger partial charge in [0.05, 0.1) is 19.8 Å². The summed E-state index contributed by atoms with van der Waals surface area (Å²) in [6.45, 7) is 5.13.